The third-order valence-corrected chi connectivity index (χ3v) is 5.42. The summed E-state index contributed by atoms with van der Waals surface area (Å²) in [5, 5.41) is 11.2. The molecule has 0 bridgehead atoms. The largest absolute Gasteiger partial charge is 0.468 e. The Balaban J connectivity index is 2.44. The minimum atomic E-state index is -0.992. The van der Waals surface area contributed by atoms with Gasteiger partial charge in [0.05, 0.1) is 12.7 Å². The second-order valence-electron chi connectivity index (χ2n) is 6.42. The molecule has 3 heteroatoms. The molecule has 0 amide bonds. The van der Waals surface area contributed by atoms with Crippen LogP contribution in [0.4, 0.5) is 0 Å². The van der Waals surface area contributed by atoms with Gasteiger partial charge < -0.3 is 9.84 Å². The molecule has 1 aliphatic rings. The maximum atomic E-state index is 12.6. The first kappa shape index (κ1) is 16.0. The Hall–Kier alpha value is -1.35. The third-order valence-electron chi connectivity index (χ3n) is 5.42. The topological polar surface area (TPSA) is 46.5 Å². The Morgan fingerprint density at radius 1 is 1.24 bits per heavy atom. The lowest BCUT2D eigenvalue weighted by Gasteiger charge is -2.48. The molecule has 0 unspecified atom stereocenters. The smallest absolute Gasteiger partial charge is 0.315 e. The first-order valence-electron chi connectivity index (χ1n) is 7.81. The maximum Gasteiger partial charge on any atom is 0.315 e. The van der Waals surface area contributed by atoms with E-state index in [1.165, 1.54) is 7.11 Å². The Labute approximate surface area is 127 Å². The minimum Gasteiger partial charge on any atom is -0.468 e. The zero-order chi connectivity index (χ0) is 15.5. The first-order valence-corrected chi connectivity index (χ1v) is 7.81. The number of ether oxygens (including phenoxy) is 1. The highest BCUT2D eigenvalue weighted by atomic mass is 16.5. The van der Waals surface area contributed by atoms with E-state index in [9.17, 15) is 9.90 Å². The van der Waals surface area contributed by atoms with E-state index >= 15 is 0 Å². The second-order valence-corrected chi connectivity index (χ2v) is 6.42. The van der Waals surface area contributed by atoms with E-state index in [2.05, 4.69) is 0 Å². The molecule has 1 aromatic rings. The molecule has 1 saturated carbocycles. The highest BCUT2D eigenvalue weighted by Gasteiger charge is 2.56. The lowest BCUT2D eigenvalue weighted by molar-refractivity contribution is -0.179. The summed E-state index contributed by atoms with van der Waals surface area (Å²) < 4.78 is 5.08. The third kappa shape index (κ3) is 2.71. The van der Waals surface area contributed by atoms with Crippen molar-refractivity contribution in [3.05, 3.63) is 35.9 Å². The molecular formula is C18H26O3. The van der Waals surface area contributed by atoms with Gasteiger partial charge in [-0.1, -0.05) is 56.5 Å². The number of benzene rings is 1. The number of hydrogen-bond acceptors (Lipinski definition) is 3. The van der Waals surface area contributed by atoms with Crippen LogP contribution < -0.4 is 0 Å². The van der Waals surface area contributed by atoms with Crippen molar-refractivity contribution in [3.63, 3.8) is 0 Å². The fraction of sp³-hybridized carbons (Fsp3) is 0.611. The van der Waals surface area contributed by atoms with Crippen molar-refractivity contribution in [2.75, 3.05) is 7.11 Å². The van der Waals surface area contributed by atoms with E-state index < -0.39 is 11.0 Å². The quantitative estimate of drug-likeness (QED) is 0.861. The van der Waals surface area contributed by atoms with Crippen LogP contribution in [0.25, 0.3) is 0 Å². The number of esters is 1. The predicted octanol–water partition coefficient (Wildman–Crippen LogP) is 3.66. The van der Waals surface area contributed by atoms with Crippen LogP contribution in [0.2, 0.25) is 0 Å². The molecule has 2 atom stereocenters. The number of carbonyl (C=O) groups is 1. The van der Waals surface area contributed by atoms with E-state index in [0.717, 1.165) is 24.8 Å². The Kier molecular flexibility index (Phi) is 4.72. The van der Waals surface area contributed by atoms with Gasteiger partial charge in [0, 0.05) is 0 Å². The van der Waals surface area contributed by atoms with Gasteiger partial charge in [-0.05, 0) is 31.2 Å². The predicted molar refractivity (Wildman–Crippen MR) is 83.0 cm³/mol. The van der Waals surface area contributed by atoms with Gasteiger partial charge in [-0.3, -0.25) is 4.79 Å². The van der Waals surface area contributed by atoms with Crippen LogP contribution >= 0.6 is 0 Å². The lowest BCUT2D eigenvalue weighted by atomic mass is 9.59. The Morgan fingerprint density at radius 3 is 2.33 bits per heavy atom. The van der Waals surface area contributed by atoms with Gasteiger partial charge in [-0.25, -0.2) is 0 Å². The molecule has 116 valence electrons. The second kappa shape index (κ2) is 6.18. The fourth-order valence-electron chi connectivity index (χ4n) is 3.71. The summed E-state index contributed by atoms with van der Waals surface area (Å²) in [6, 6.07) is 9.92. The summed E-state index contributed by atoms with van der Waals surface area (Å²) in [6.45, 7) is 3.88. The molecule has 0 aromatic heterocycles. The van der Waals surface area contributed by atoms with E-state index in [1.54, 1.807) is 0 Å². The van der Waals surface area contributed by atoms with Crippen molar-refractivity contribution in [1.82, 2.24) is 0 Å². The zero-order valence-corrected chi connectivity index (χ0v) is 13.3. The normalized spacial score (nSPS) is 22.1. The Morgan fingerprint density at radius 2 is 1.81 bits per heavy atom. The summed E-state index contributed by atoms with van der Waals surface area (Å²) in [5.74, 6) is -0.419. The molecule has 3 nitrogen and oxygen atoms in total. The van der Waals surface area contributed by atoms with Gasteiger partial charge in [0.15, 0.2) is 0 Å². The molecule has 0 aliphatic heterocycles. The number of methoxy groups -OCH3 is 1. The molecule has 0 saturated heterocycles. The zero-order valence-electron chi connectivity index (χ0n) is 13.3. The molecule has 1 fully saturated rings. The van der Waals surface area contributed by atoms with Crippen LogP contribution in [0.5, 0.6) is 0 Å². The van der Waals surface area contributed by atoms with E-state index in [-0.39, 0.29) is 11.9 Å². The van der Waals surface area contributed by atoms with Gasteiger partial charge in [-0.15, -0.1) is 0 Å². The van der Waals surface area contributed by atoms with Crippen molar-refractivity contribution in [1.29, 1.82) is 0 Å². The summed E-state index contributed by atoms with van der Waals surface area (Å²) in [4.78, 5) is 12.6. The average Bonchev–Trinajstić information content (AvgIpc) is 2.54. The van der Waals surface area contributed by atoms with Crippen molar-refractivity contribution >= 4 is 5.97 Å². The van der Waals surface area contributed by atoms with Gasteiger partial charge in [0.2, 0.25) is 0 Å². The van der Waals surface area contributed by atoms with Gasteiger partial charge in [0.25, 0.3) is 0 Å². The molecule has 2 rings (SSSR count). The number of hydrogen-bond donors (Lipinski definition) is 1. The summed E-state index contributed by atoms with van der Waals surface area (Å²) in [7, 11) is 1.41. The van der Waals surface area contributed by atoms with Crippen LogP contribution in [0, 0.1) is 5.41 Å². The van der Waals surface area contributed by atoms with Crippen molar-refractivity contribution in [2.45, 2.75) is 57.5 Å². The standard InChI is InChI=1S/C18H26O3/c1-14(15-10-6-4-7-11-15)17(2,16(19)21-3)18(20)12-8-5-9-13-18/h4,6-7,10-11,14,20H,5,8-9,12-13H2,1-3H3/t14-,17+/m0/s1. The van der Waals surface area contributed by atoms with Gasteiger partial charge in [0.1, 0.15) is 5.41 Å². The van der Waals surface area contributed by atoms with Crippen LogP contribution in [0.1, 0.15) is 57.4 Å². The molecule has 0 spiro atoms. The number of carbonyl (C=O) groups excluding carboxylic acids is 1. The van der Waals surface area contributed by atoms with Crippen molar-refractivity contribution in [2.24, 2.45) is 5.41 Å². The number of aliphatic hydroxyl groups is 1. The van der Waals surface area contributed by atoms with E-state index in [0.29, 0.717) is 12.8 Å². The van der Waals surface area contributed by atoms with Gasteiger partial charge >= 0.3 is 5.97 Å². The molecule has 0 heterocycles. The fourth-order valence-corrected chi connectivity index (χ4v) is 3.71. The number of rotatable bonds is 4. The average molecular weight is 290 g/mol. The molecule has 1 aliphatic carbocycles. The van der Waals surface area contributed by atoms with Crippen LogP contribution in [0.3, 0.4) is 0 Å². The summed E-state index contributed by atoms with van der Waals surface area (Å²) in [5.41, 5.74) is -0.860. The molecule has 1 N–H and O–H groups in total. The molecular weight excluding hydrogens is 264 g/mol. The molecule has 21 heavy (non-hydrogen) atoms. The SMILES string of the molecule is COC(=O)[C@@](C)([C@@H](C)c1ccccc1)C1(O)CCCCC1. The minimum absolute atomic E-state index is 0.103. The molecule has 0 radical (unpaired) electrons. The summed E-state index contributed by atoms with van der Waals surface area (Å²) >= 11 is 0. The van der Waals surface area contributed by atoms with Crippen LogP contribution in [-0.2, 0) is 9.53 Å². The van der Waals surface area contributed by atoms with Crippen molar-refractivity contribution in [3.8, 4) is 0 Å². The first-order chi connectivity index (χ1) is 9.95. The Bertz CT molecular complexity index is 476. The highest BCUT2D eigenvalue weighted by Crippen LogP contribution is 2.51. The molecule has 1 aromatic carbocycles. The van der Waals surface area contributed by atoms with Crippen molar-refractivity contribution < 1.29 is 14.6 Å². The van der Waals surface area contributed by atoms with Crippen LogP contribution in [0.15, 0.2) is 30.3 Å². The van der Waals surface area contributed by atoms with E-state index in [4.69, 9.17) is 4.74 Å². The lowest BCUT2D eigenvalue weighted by Crippen LogP contribution is -2.55. The highest BCUT2D eigenvalue weighted by molar-refractivity contribution is 5.79. The maximum absolute atomic E-state index is 12.6. The van der Waals surface area contributed by atoms with Crippen LogP contribution in [-0.4, -0.2) is 23.8 Å². The van der Waals surface area contributed by atoms with E-state index in [1.807, 2.05) is 44.2 Å². The summed E-state index contributed by atoms with van der Waals surface area (Å²) in [6.07, 6.45) is 4.38. The monoisotopic (exact) mass is 290 g/mol. The van der Waals surface area contributed by atoms with Gasteiger partial charge in [-0.2, -0.15) is 0 Å².